The summed E-state index contributed by atoms with van der Waals surface area (Å²) < 4.78 is 15.2. The van der Waals surface area contributed by atoms with Gasteiger partial charge in [0, 0.05) is 43.3 Å². The molecule has 0 unspecified atom stereocenters. The Morgan fingerprint density at radius 2 is 2.32 bits per heavy atom. The van der Waals surface area contributed by atoms with E-state index in [9.17, 15) is 14.0 Å². The average Bonchev–Trinajstić information content (AvgIpc) is 3.13. The van der Waals surface area contributed by atoms with E-state index in [1.54, 1.807) is 29.7 Å². The lowest BCUT2D eigenvalue weighted by Crippen LogP contribution is -2.41. The summed E-state index contributed by atoms with van der Waals surface area (Å²) in [5, 5.41) is 5.79. The molecule has 8 heteroatoms. The molecule has 0 radical (unpaired) electrons. The lowest BCUT2D eigenvalue weighted by molar-refractivity contribution is -0.121. The predicted octanol–water partition coefficient (Wildman–Crippen LogP) is 1.34. The highest BCUT2D eigenvalue weighted by Crippen LogP contribution is 2.22. The van der Waals surface area contributed by atoms with Crippen molar-refractivity contribution in [2.45, 2.75) is 38.6 Å². The number of amides is 1. The van der Waals surface area contributed by atoms with Crippen molar-refractivity contribution in [1.82, 2.24) is 19.8 Å². The highest BCUT2D eigenvalue weighted by Gasteiger charge is 2.32. The minimum Gasteiger partial charge on any atom is -0.353 e. The number of hydrogen-bond donors (Lipinski definition) is 1. The molecule has 0 spiro atoms. The fourth-order valence-corrected chi connectivity index (χ4v) is 3.65. The lowest BCUT2D eigenvalue weighted by atomic mass is 10.2. The standard InChI is InChI=1S/C17H21FN4O2S/c1-12-20-14(11-25-12)9-22-8-13(18)6-15(22)7-19-16(23)10-21-5-3-2-4-17(21)24/h2-5,11,13,15H,6-10H2,1H3,(H,19,23)/t13-,15-/m0/s1. The van der Waals surface area contributed by atoms with E-state index in [1.807, 2.05) is 17.2 Å². The predicted molar refractivity (Wildman–Crippen MR) is 94.3 cm³/mol. The molecule has 0 aliphatic carbocycles. The highest BCUT2D eigenvalue weighted by molar-refractivity contribution is 7.09. The summed E-state index contributed by atoms with van der Waals surface area (Å²) >= 11 is 1.58. The summed E-state index contributed by atoms with van der Waals surface area (Å²) in [7, 11) is 0. The van der Waals surface area contributed by atoms with E-state index >= 15 is 0 Å². The first kappa shape index (κ1) is 17.8. The van der Waals surface area contributed by atoms with E-state index in [1.165, 1.54) is 10.6 Å². The number of nitrogens with zero attached hydrogens (tertiary/aromatic N) is 3. The number of alkyl halides is 1. The molecule has 0 aromatic carbocycles. The molecule has 2 aromatic rings. The van der Waals surface area contributed by atoms with E-state index < -0.39 is 6.17 Å². The van der Waals surface area contributed by atoms with Crippen LogP contribution < -0.4 is 10.9 Å². The van der Waals surface area contributed by atoms with Crippen LogP contribution in [0.15, 0.2) is 34.6 Å². The number of carbonyl (C=O) groups is 1. The zero-order valence-corrected chi connectivity index (χ0v) is 14.8. The first-order chi connectivity index (χ1) is 12.0. The lowest BCUT2D eigenvalue weighted by Gasteiger charge is -2.23. The second-order valence-electron chi connectivity index (χ2n) is 6.24. The van der Waals surface area contributed by atoms with Gasteiger partial charge in [-0.15, -0.1) is 11.3 Å². The van der Waals surface area contributed by atoms with Gasteiger partial charge in [0.15, 0.2) is 0 Å². The topological polar surface area (TPSA) is 67.2 Å². The fraction of sp³-hybridized carbons (Fsp3) is 0.471. The maximum atomic E-state index is 13.8. The van der Waals surface area contributed by atoms with Crippen LogP contribution in [-0.4, -0.2) is 45.7 Å². The quantitative estimate of drug-likeness (QED) is 0.840. The summed E-state index contributed by atoms with van der Waals surface area (Å²) in [6.45, 7) is 3.22. The largest absolute Gasteiger partial charge is 0.353 e. The number of rotatable bonds is 6. The molecule has 3 heterocycles. The van der Waals surface area contributed by atoms with Crippen molar-refractivity contribution in [2.75, 3.05) is 13.1 Å². The Morgan fingerprint density at radius 3 is 3.04 bits per heavy atom. The maximum absolute atomic E-state index is 13.8. The van der Waals surface area contributed by atoms with Crippen LogP contribution >= 0.6 is 11.3 Å². The number of halogens is 1. The molecule has 0 saturated carbocycles. The van der Waals surface area contributed by atoms with Crippen molar-refractivity contribution in [3.63, 3.8) is 0 Å². The summed E-state index contributed by atoms with van der Waals surface area (Å²) in [6.07, 6.45) is 1.08. The molecule has 3 rings (SSSR count). The monoisotopic (exact) mass is 364 g/mol. The van der Waals surface area contributed by atoms with Crippen LogP contribution in [0, 0.1) is 6.92 Å². The SMILES string of the molecule is Cc1nc(CN2C[C@@H](F)C[C@H]2CNC(=O)Cn2ccccc2=O)cs1. The Hall–Kier alpha value is -2.06. The van der Waals surface area contributed by atoms with Gasteiger partial charge in [0.05, 0.1) is 10.7 Å². The molecular weight excluding hydrogens is 343 g/mol. The summed E-state index contributed by atoms with van der Waals surface area (Å²) in [6, 6.07) is 4.69. The Balaban J connectivity index is 1.54. The molecule has 1 saturated heterocycles. The Labute approximate surface area is 149 Å². The molecule has 1 amide bonds. The number of carbonyl (C=O) groups excluding carboxylic acids is 1. The number of pyridine rings is 1. The van der Waals surface area contributed by atoms with Crippen molar-refractivity contribution >= 4 is 17.2 Å². The third kappa shape index (κ3) is 4.73. The molecule has 1 aliphatic rings. The van der Waals surface area contributed by atoms with Gasteiger partial charge < -0.3 is 9.88 Å². The molecule has 134 valence electrons. The van der Waals surface area contributed by atoms with Crippen LogP contribution in [0.3, 0.4) is 0 Å². The van der Waals surface area contributed by atoms with Gasteiger partial charge in [-0.2, -0.15) is 0 Å². The van der Waals surface area contributed by atoms with Crippen molar-refractivity contribution in [3.05, 3.63) is 50.8 Å². The van der Waals surface area contributed by atoms with Crippen LogP contribution in [0.25, 0.3) is 0 Å². The van der Waals surface area contributed by atoms with E-state index in [4.69, 9.17) is 0 Å². The molecule has 0 bridgehead atoms. The van der Waals surface area contributed by atoms with Gasteiger partial charge in [-0.25, -0.2) is 9.37 Å². The first-order valence-electron chi connectivity index (χ1n) is 8.22. The number of aromatic nitrogens is 2. The normalized spacial score (nSPS) is 20.7. The highest BCUT2D eigenvalue weighted by atomic mass is 32.1. The number of thiazole rings is 1. The van der Waals surface area contributed by atoms with Gasteiger partial charge >= 0.3 is 0 Å². The number of nitrogens with one attached hydrogen (secondary N) is 1. The molecule has 1 N–H and O–H groups in total. The van der Waals surface area contributed by atoms with Crippen LogP contribution in [0.5, 0.6) is 0 Å². The number of aryl methyl sites for hydroxylation is 1. The van der Waals surface area contributed by atoms with Crippen molar-refractivity contribution < 1.29 is 9.18 Å². The van der Waals surface area contributed by atoms with Gasteiger partial charge in [-0.1, -0.05) is 6.07 Å². The third-order valence-electron chi connectivity index (χ3n) is 4.26. The Bertz CT molecular complexity index is 791. The second kappa shape index (κ2) is 7.88. The van der Waals surface area contributed by atoms with E-state index in [0.717, 1.165) is 10.7 Å². The van der Waals surface area contributed by atoms with Crippen LogP contribution in [0.1, 0.15) is 17.1 Å². The smallest absolute Gasteiger partial charge is 0.250 e. The van der Waals surface area contributed by atoms with Crippen LogP contribution in [0.2, 0.25) is 0 Å². The minimum absolute atomic E-state index is 0.0310. The van der Waals surface area contributed by atoms with Crippen LogP contribution in [-0.2, 0) is 17.9 Å². The van der Waals surface area contributed by atoms with E-state index in [0.29, 0.717) is 26.1 Å². The second-order valence-corrected chi connectivity index (χ2v) is 7.31. The van der Waals surface area contributed by atoms with Gasteiger partial charge in [0.2, 0.25) is 5.91 Å². The average molecular weight is 364 g/mol. The van der Waals surface area contributed by atoms with E-state index in [-0.39, 0.29) is 24.1 Å². The zero-order valence-electron chi connectivity index (χ0n) is 14.0. The van der Waals surface area contributed by atoms with Crippen molar-refractivity contribution in [2.24, 2.45) is 0 Å². The molecule has 25 heavy (non-hydrogen) atoms. The Kier molecular flexibility index (Phi) is 5.60. The molecule has 2 atom stereocenters. The maximum Gasteiger partial charge on any atom is 0.250 e. The molecule has 1 fully saturated rings. The fourth-order valence-electron chi connectivity index (χ4n) is 3.05. The third-order valence-corrected chi connectivity index (χ3v) is 5.08. The summed E-state index contributed by atoms with van der Waals surface area (Å²) in [5.41, 5.74) is 0.714. The van der Waals surface area contributed by atoms with Gasteiger partial charge in [0.25, 0.3) is 5.56 Å². The number of hydrogen-bond acceptors (Lipinski definition) is 5. The molecule has 1 aliphatic heterocycles. The zero-order chi connectivity index (χ0) is 17.8. The molecule has 6 nitrogen and oxygen atoms in total. The van der Waals surface area contributed by atoms with E-state index in [2.05, 4.69) is 10.3 Å². The Morgan fingerprint density at radius 1 is 1.48 bits per heavy atom. The van der Waals surface area contributed by atoms with Crippen molar-refractivity contribution in [1.29, 1.82) is 0 Å². The summed E-state index contributed by atoms with van der Waals surface area (Å²) in [4.78, 5) is 30.2. The molecule has 2 aromatic heterocycles. The van der Waals surface area contributed by atoms with Crippen LogP contribution in [0.4, 0.5) is 4.39 Å². The van der Waals surface area contributed by atoms with Gasteiger partial charge in [-0.3, -0.25) is 14.5 Å². The van der Waals surface area contributed by atoms with Crippen molar-refractivity contribution in [3.8, 4) is 0 Å². The number of likely N-dealkylation sites (tertiary alicyclic amines) is 1. The van der Waals surface area contributed by atoms with Gasteiger partial charge in [-0.05, 0) is 19.4 Å². The van der Waals surface area contributed by atoms with Gasteiger partial charge in [0.1, 0.15) is 12.7 Å². The first-order valence-corrected chi connectivity index (χ1v) is 9.10. The molecular formula is C17H21FN4O2S. The summed E-state index contributed by atoms with van der Waals surface area (Å²) in [5.74, 6) is -0.250. The minimum atomic E-state index is -0.890.